The van der Waals surface area contributed by atoms with E-state index in [4.69, 9.17) is 0 Å². The van der Waals surface area contributed by atoms with E-state index in [1.807, 2.05) is 0 Å². The van der Waals surface area contributed by atoms with E-state index in [1.165, 1.54) is 19.3 Å². The maximum absolute atomic E-state index is 9.40. The largest absolute Gasteiger partial charge is 0.198 e. The molecule has 14 heavy (non-hydrogen) atoms. The lowest BCUT2D eigenvalue weighted by Gasteiger charge is -2.63. The lowest BCUT2D eigenvalue weighted by atomic mass is 9.41. The Balaban J connectivity index is 2.06. The van der Waals surface area contributed by atoms with E-state index in [9.17, 15) is 5.26 Å². The third-order valence-electron chi connectivity index (χ3n) is 4.56. The SMILES string of the molecule is CC12C[C]3CC(C)(C1)CC(C#N)(C3)C2. The van der Waals surface area contributed by atoms with Crippen LogP contribution in [0.3, 0.4) is 0 Å². The summed E-state index contributed by atoms with van der Waals surface area (Å²) >= 11 is 0. The molecule has 0 aliphatic heterocycles. The van der Waals surface area contributed by atoms with Crippen LogP contribution in [0.15, 0.2) is 0 Å². The molecule has 2 unspecified atom stereocenters. The lowest BCUT2D eigenvalue weighted by molar-refractivity contribution is -0.0686. The van der Waals surface area contributed by atoms with Gasteiger partial charge in [0.15, 0.2) is 0 Å². The second-order valence-electron chi connectivity index (χ2n) is 6.82. The number of rotatable bonds is 0. The van der Waals surface area contributed by atoms with E-state index in [0.717, 1.165) is 19.3 Å². The van der Waals surface area contributed by atoms with Crippen LogP contribution in [0.1, 0.15) is 52.4 Å². The zero-order valence-electron chi connectivity index (χ0n) is 9.19. The van der Waals surface area contributed by atoms with Gasteiger partial charge in [-0.1, -0.05) is 13.8 Å². The average molecular weight is 188 g/mol. The van der Waals surface area contributed by atoms with Gasteiger partial charge < -0.3 is 0 Å². The van der Waals surface area contributed by atoms with E-state index >= 15 is 0 Å². The molecule has 2 atom stereocenters. The van der Waals surface area contributed by atoms with Crippen LogP contribution in [0, 0.1) is 33.5 Å². The molecule has 0 heterocycles. The van der Waals surface area contributed by atoms with Crippen molar-refractivity contribution in [2.24, 2.45) is 16.2 Å². The van der Waals surface area contributed by atoms with Gasteiger partial charge in [-0.2, -0.15) is 5.26 Å². The summed E-state index contributed by atoms with van der Waals surface area (Å²) in [4.78, 5) is 0. The van der Waals surface area contributed by atoms with Gasteiger partial charge in [-0.05, 0) is 55.3 Å². The van der Waals surface area contributed by atoms with Crippen molar-refractivity contribution in [2.75, 3.05) is 0 Å². The molecule has 4 bridgehead atoms. The highest BCUT2D eigenvalue weighted by Crippen LogP contribution is 2.69. The first-order chi connectivity index (χ1) is 6.47. The quantitative estimate of drug-likeness (QED) is 0.571. The van der Waals surface area contributed by atoms with Crippen LogP contribution in [0.4, 0.5) is 0 Å². The molecule has 75 valence electrons. The molecular weight excluding hydrogens is 170 g/mol. The van der Waals surface area contributed by atoms with Crippen LogP contribution < -0.4 is 0 Å². The lowest BCUT2D eigenvalue weighted by Crippen LogP contribution is -2.53. The molecule has 1 radical (unpaired) electrons. The summed E-state index contributed by atoms with van der Waals surface area (Å²) in [5.41, 5.74) is 0.969. The van der Waals surface area contributed by atoms with Crippen molar-refractivity contribution in [3.8, 4) is 6.07 Å². The minimum Gasteiger partial charge on any atom is -0.198 e. The summed E-state index contributed by atoms with van der Waals surface area (Å²) in [6, 6.07) is 2.64. The van der Waals surface area contributed by atoms with Crippen LogP contribution in [-0.4, -0.2) is 0 Å². The Morgan fingerprint density at radius 2 is 1.57 bits per heavy atom. The van der Waals surface area contributed by atoms with E-state index in [-0.39, 0.29) is 5.41 Å². The summed E-state index contributed by atoms with van der Waals surface area (Å²) in [5, 5.41) is 9.40. The molecule has 4 aliphatic rings. The first kappa shape index (κ1) is 8.77. The first-order valence-corrected chi connectivity index (χ1v) is 5.72. The van der Waals surface area contributed by atoms with Gasteiger partial charge in [-0.25, -0.2) is 0 Å². The fraction of sp³-hybridized carbons (Fsp3) is 0.846. The molecule has 0 saturated heterocycles. The van der Waals surface area contributed by atoms with Gasteiger partial charge in [0, 0.05) is 0 Å². The predicted octanol–water partition coefficient (Wildman–Crippen LogP) is 3.46. The Morgan fingerprint density at radius 1 is 1.00 bits per heavy atom. The van der Waals surface area contributed by atoms with Crippen LogP contribution >= 0.6 is 0 Å². The van der Waals surface area contributed by atoms with Crippen LogP contribution in [0.2, 0.25) is 0 Å². The van der Waals surface area contributed by atoms with E-state index in [0.29, 0.717) is 10.8 Å². The van der Waals surface area contributed by atoms with Crippen molar-refractivity contribution in [2.45, 2.75) is 52.4 Å². The molecule has 0 N–H and O–H groups in total. The molecule has 0 aromatic rings. The molecule has 4 rings (SSSR count). The Kier molecular flexibility index (Phi) is 1.37. The van der Waals surface area contributed by atoms with Crippen molar-refractivity contribution < 1.29 is 0 Å². The Hall–Kier alpha value is -0.510. The smallest absolute Gasteiger partial charge is 0.0690 e. The Bertz CT molecular complexity index is 307. The minimum atomic E-state index is 0.0353. The molecule has 0 amide bonds. The van der Waals surface area contributed by atoms with E-state index < -0.39 is 0 Å². The molecular formula is C13H18N. The van der Waals surface area contributed by atoms with Crippen LogP contribution in [-0.2, 0) is 0 Å². The Morgan fingerprint density at radius 3 is 2.00 bits per heavy atom. The monoisotopic (exact) mass is 188 g/mol. The highest BCUT2D eigenvalue weighted by Gasteiger charge is 2.60. The summed E-state index contributed by atoms with van der Waals surface area (Å²) in [7, 11) is 0. The van der Waals surface area contributed by atoms with Crippen molar-refractivity contribution in [1.29, 1.82) is 5.26 Å². The van der Waals surface area contributed by atoms with Crippen molar-refractivity contribution in [3.63, 3.8) is 0 Å². The van der Waals surface area contributed by atoms with Crippen molar-refractivity contribution >= 4 is 0 Å². The number of nitriles is 1. The normalized spacial score (nSPS) is 56.1. The Labute approximate surface area is 86.5 Å². The summed E-state index contributed by atoms with van der Waals surface area (Å²) in [5.74, 6) is 1.69. The fourth-order valence-corrected chi connectivity index (χ4v) is 5.22. The zero-order valence-corrected chi connectivity index (χ0v) is 9.19. The highest BCUT2D eigenvalue weighted by atomic mass is 14.6. The topological polar surface area (TPSA) is 23.8 Å². The highest BCUT2D eigenvalue weighted by molar-refractivity contribution is 5.25. The van der Waals surface area contributed by atoms with E-state index in [1.54, 1.807) is 5.92 Å². The molecule has 1 nitrogen and oxygen atoms in total. The summed E-state index contributed by atoms with van der Waals surface area (Å²) < 4.78 is 0. The van der Waals surface area contributed by atoms with Gasteiger partial charge in [0.2, 0.25) is 0 Å². The van der Waals surface area contributed by atoms with Gasteiger partial charge in [0.25, 0.3) is 0 Å². The van der Waals surface area contributed by atoms with Gasteiger partial charge in [-0.3, -0.25) is 0 Å². The second kappa shape index (κ2) is 2.18. The molecule has 4 aliphatic carbocycles. The average Bonchev–Trinajstić information content (AvgIpc) is 1.97. The minimum absolute atomic E-state index is 0.0353. The number of hydrogen-bond donors (Lipinski definition) is 0. The predicted molar refractivity (Wildman–Crippen MR) is 55.2 cm³/mol. The molecule has 0 aromatic carbocycles. The standard InChI is InChI=1S/C13H18N/c1-11-3-10-4-12(2,6-11)8-13(5-10,7-11)9-14/h3-8H2,1-2H3. The molecule has 4 fully saturated rings. The molecule has 1 heteroatoms. The number of hydrogen-bond acceptors (Lipinski definition) is 1. The second-order valence-corrected chi connectivity index (χ2v) is 6.82. The molecule has 0 aromatic heterocycles. The van der Waals surface area contributed by atoms with Crippen LogP contribution in [0.25, 0.3) is 0 Å². The number of nitrogens with zero attached hydrogens (tertiary/aromatic N) is 1. The zero-order chi connectivity index (χ0) is 10.0. The van der Waals surface area contributed by atoms with Gasteiger partial charge in [-0.15, -0.1) is 0 Å². The van der Waals surface area contributed by atoms with E-state index in [2.05, 4.69) is 19.9 Å². The van der Waals surface area contributed by atoms with Crippen molar-refractivity contribution in [3.05, 3.63) is 5.92 Å². The summed E-state index contributed by atoms with van der Waals surface area (Å²) in [6.45, 7) is 4.80. The maximum atomic E-state index is 9.40. The third kappa shape index (κ3) is 1.00. The molecule has 4 saturated carbocycles. The van der Waals surface area contributed by atoms with Gasteiger partial charge in [0.1, 0.15) is 0 Å². The third-order valence-corrected chi connectivity index (χ3v) is 4.56. The molecule has 0 spiro atoms. The van der Waals surface area contributed by atoms with Crippen LogP contribution in [0.5, 0.6) is 0 Å². The van der Waals surface area contributed by atoms with Gasteiger partial charge in [0.05, 0.1) is 11.5 Å². The van der Waals surface area contributed by atoms with Gasteiger partial charge >= 0.3 is 0 Å². The maximum Gasteiger partial charge on any atom is 0.0690 e. The summed E-state index contributed by atoms with van der Waals surface area (Å²) in [6.07, 6.45) is 7.42. The first-order valence-electron chi connectivity index (χ1n) is 5.72. The van der Waals surface area contributed by atoms with Crippen molar-refractivity contribution in [1.82, 2.24) is 0 Å². The fourth-order valence-electron chi connectivity index (χ4n) is 5.22.